The van der Waals surface area contributed by atoms with Crippen molar-refractivity contribution in [3.05, 3.63) is 47.5 Å². The molecule has 0 bridgehead atoms. The molecule has 1 aliphatic rings. The molecule has 1 amide bonds. The zero-order chi connectivity index (χ0) is 11.8. The second-order valence-electron chi connectivity index (χ2n) is 4.31. The van der Waals surface area contributed by atoms with Crippen molar-refractivity contribution in [3.63, 3.8) is 0 Å². The monoisotopic (exact) mass is 227 g/mol. The van der Waals surface area contributed by atoms with E-state index in [0.29, 0.717) is 6.61 Å². The number of rotatable bonds is 1. The van der Waals surface area contributed by atoms with Gasteiger partial charge >= 0.3 is 6.09 Å². The Labute approximate surface area is 99.4 Å². The maximum atomic E-state index is 11.1. The van der Waals surface area contributed by atoms with E-state index in [1.165, 1.54) is 16.3 Å². The van der Waals surface area contributed by atoms with Gasteiger partial charge < -0.3 is 10.1 Å². The number of amides is 1. The van der Waals surface area contributed by atoms with Gasteiger partial charge in [0.2, 0.25) is 0 Å². The van der Waals surface area contributed by atoms with Gasteiger partial charge in [-0.25, -0.2) is 4.79 Å². The van der Waals surface area contributed by atoms with Crippen LogP contribution in [-0.2, 0) is 4.74 Å². The largest absolute Gasteiger partial charge is 0.447 e. The standard InChI is InChI=1S/C14H13NO2/c1-9-6-7-12(13-8-17-14(16)15-13)11-5-3-2-4-10(9)11/h2-7,13H,8H2,1H3,(H,15,16)/t13-/m1/s1. The minimum atomic E-state index is -0.334. The van der Waals surface area contributed by atoms with Gasteiger partial charge in [0.1, 0.15) is 6.61 Å². The molecule has 1 atom stereocenters. The molecule has 0 aromatic heterocycles. The molecule has 3 nitrogen and oxygen atoms in total. The molecule has 1 saturated heterocycles. The maximum Gasteiger partial charge on any atom is 0.407 e. The first-order valence-electron chi connectivity index (χ1n) is 5.67. The highest BCUT2D eigenvalue weighted by atomic mass is 16.6. The first kappa shape index (κ1) is 10.1. The number of fused-ring (bicyclic) bond motifs is 1. The minimum Gasteiger partial charge on any atom is -0.447 e. The summed E-state index contributed by atoms with van der Waals surface area (Å²) in [6.45, 7) is 2.50. The van der Waals surface area contributed by atoms with E-state index in [-0.39, 0.29) is 12.1 Å². The molecule has 86 valence electrons. The highest BCUT2D eigenvalue weighted by Gasteiger charge is 2.25. The molecule has 1 N–H and O–H groups in total. The summed E-state index contributed by atoms with van der Waals surface area (Å²) < 4.78 is 4.95. The van der Waals surface area contributed by atoms with Crippen LogP contribution in [0.3, 0.4) is 0 Å². The van der Waals surface area contributed by atoms with Gasteiger partial charge in [-0.05, 0) is 28.8 Å². The van der Waals surface area contributed by atoms with Gasteiger partial charge in [0.05, 0.1) is 6.04 Å². The molecular formula is C14H13NO2. The molecule has 1 heterocycles. The Bertz CT molecular complexity index is 592. The summed E-state index contributed by atoms with van der Waals surface area (Å²) >= 11 is 0. The third-order valence-corrected chi connectivity index (χ3v) is 3.22. The van der Waals surface area contributed by atoms with Crippen LogP contribution < -0.4 is 5.32 Å². The number of nitrogens with one attached hydrogen (secondary N) is 1. The molecule has 0 radical (unpaired) electrons. The number of hydrogen-bond donors (Lipinski definition) is 1. The van der Waals surface area contributed by atoms with Gasteiger partial charge in [-0.15, -0.1) is 0 Å². The van der Waals surface area contributed by atoms with E-state index in [1.54, 1.807) is 0 Å². The van der Waals surface area contributed by atoms with E-state index >= 15 is 0 Å². The van der Waals surface area contributed by atoms with Crippen LogP contribution >= 0.6 is 0 Å². The molecule has 0 saturated carbocycles. The lowest BCUT2D eigenvalue weighted by Gasteiger charge is -2.12. The number of ether oxygens (including phenoxy) is 1. The maximum absolute atomic E-state index is 11.1. The Balaban J connectivity index is 2.17. The summed E-state index contributed by atoms with van der Waals surface area (Å²) in [5.41, 5.74) is 2.37. The molecule has 2 aromatic carbocycles. The predicted octanol–water partition coefficient (Wildman–Crippen LogP) is 2.93. The average molecular weight is 227 g/mol. The van der Waals surface area contributed by atoms with Gasteiger partial charge in [-0.1, -0.05) is 36.4 Å². The van der Waals surface area contributed by atoms with Gasteiger partial charge in [0.25, 0.3) is 0 Å². The predicted molar refractivity (Wildman–Crippen MR) is 65.9 cm³/mol. The topological polar surface area (TPSA) is 38.3 Å². The quantitative estimate of drug-likeness (QED) is 0.813. The van der Waals surface area contributed by atoms with Crippen molar-refractivity contribution in [1.82, 2.24) is 5.32 Å². The number of carbonyl (C=O) groups excluding carboxylic acids is 1. The van der Waals surface area contributed by atoms with Crippen LogP contribution in [0.15, 0.2) is 36.4 Å². The molecule has 0 unspecified atom stereocenters. The lowest BCUT2D eigenvalue weighted by atomic mass is 9.96. The second kappa shape index (κ2) is 3.77. The highest BCUT2D eigenvalue weighted by Crippen LogP contribution is 2.28. The van der Waals surface area contributed by atoms with Crippen molar-refractivity contribution in [2.24, 2.45) is 0 Å². The van der Waals surface area contributed by atoms with Crippen molar-refractivity contribution in [2.75, 3.05) is 6.61 Å². The van der Waals surface area contributed by atoms with Gasteiger partial charge in [-0.2, -0.15) is 0 Å². The second-order valence-corrected chi connectivity index (χ2v) is 4.31. The van der Waals surface area contributed by atoms with Crippen molar-refractivity contribution in [3.8, 4) is 0 Å². The summed E-state index contributed by atoms with van der Waals surface area (Å²) in [4.78, 5) is 11.1. The lowest BCUT2D eigenvalue weighted by Crippen LogP contribution is -2.18. The van der Waals surface area contributed by atoms with Gasteiger partial charge in [0.15, 0.2) is 0 Å². The van der Waals surface area contributed by atoms with Crippen LogP contribution in [0.1, 0.15) is 17.2 Å². The number of hydrogen-bond acceptors (Lipinski definition) is 2. The minimum absolute atomic E-state index is 0.0343. The first-order valence-corrected chi connectivity index (χ1v) is 5.67. The lowest BCUT2D eigenvalue weighted by molar-refractivity contribution is 0.177. The number of alkyl carbamates (subject to hydrolysis) is 1. The molecule has 17 heavy (non-hydrogen) atoms. The zero-order valence-corrected chi connectivity index (χ0v) is 9.57. The van der Waals surface area contributed by atoms with Crippen molar-refractivity contribution in [2.45, 2.75) is 13.0 Å². The molecule has 0 aliphatic carbocycles. The number of cyclic esters (lactones) is 1. The summed E-state index contributed by atoms with van der Waals surface area (Å²) in [5.74, 6) is 0. The molecule has 3 rings (SSSR count). The molecule has 3 heteroatoms. The Kier molecular flexibility index (Phi) is 2.25. The van der Waals surface area contributed by atoms with Gasteiger partial charge in [0, 0.05) is 0 Å². The van der Waals surface area contributed by atoms with Crippen LogP contribution in [0.2, 0.25) is 0 Å². The Morgan fingerprint density at radius 2 is 1.94 bits per heavy atom. The highest BCUT2D eigenvalue weighted by molar-refractivity contribution is 5.89. The third kappa shape index (κ3) is 1.64. The SMILES string of the molecule is Cc1ccc([C@H]2COC(=O)N2)c2ccccc12. The summed E-state index contributed by atoms with van der Waals surface area (Å²) in [6.07, 6.45) is -0.334. The van der Waals surface area contributed by atoms with Gasteiger partial charge in [-0.3, -0.25) is 0 Å². The summed E-state index contributed by atoms with van der Waals surface area (Å²) in [7, 11) is 0. The first-order chi connectivity index (χ1) is 8.25. The molecule has 1 fully saturated rings. The van der Waals surface area contributed by atoms with E-state index in [9.17, 15) is 4.79 Å². The van der Waals surface area contributed by atoms with Crippen LogP contribution in [-0.4, -0.2) is 12.7 Å². The molecule has 0 spiro atoms. The van der Waals surface area contributed by atoms with Crippen molar-refractivity contribution in [1.29, 1.82) is 0 Å². The van der Waals surface area contributed by atoms with Crippen LogP contribution in [0.5, 0.6) is 0 Å². The fraction of sp³-hybridized carbons (Fsp3) is 0.214. The number of aryl methyl sites for hydroxylation is 1. The van der Waals surface area contributed by atoms with Crippen LogP contribution in [0, 0.1) is 6.92 Å². The average Bonchev–Trinajstić information content (AvgIpc) is 2.77. The van der Waals surface area contributed by atoms with E-state index in [2.05, 4.69) is 36.5 Å². The summed E-state index contributed by atoms with van der Waals surface area (Å²) in [6, 6.07) is 12.4. The van der Waals surface area contributed by atoms with Crippen molar-refractivity contribution >= 4 is 16.9 Å². The summed E-state index contributed by atoms with van der Waals surface area (Å²) in [5, 5.41) is 5.23. The fourth-order valence-electron chi connectivity index (χ4n) is 2.33. The zero-order valence-electron chi connectivity index (χ0n) is 9.57. The molecule has 1 aliphatic heterocycles. The smallest absolute Gasteiger partial charge is 0.407 e. The van der Waals surface area contributed by atoms with Crippen LogP contribution in [0.4, 0.5) is 4.79 Å². The van der Waals surface area contributed by atoms with E-state index < -0.39 is 0 Å². The van der Waals surface area contributed by atoms with E-state index in [1.807, 2.05) is 12.1 Å². The van der Waals surface area contributed by atoms with Crippen LogP contribution in [0.25, 0.3) is 10.8 Å². The third-order valence-electron chi connectivity index (χ3n) is 3.22. The van der Waals surface area contributed by atoms with E-state index in [4.69, 9.17) is 4.74 Å². The number of benzene rings is 2. The number of carbonyl (C=O) groups is 1. The molecule has 2 aromatic rings. The fourth-order valence-corrected chi connectivity index (χ4v) is 2.33. The Morgan fingerprint density at radius 3 is 2.65 bits per heavy atom. The molecular weight excluding hydrogens is 214 g/mol. The normalized spacial score (nSPS) is 19.1. The Morgan fingerprint density at radius 1 is 1.18 bits per heavy atom. The Hall–Kier alpha value is -2.03. The van der Waals surface area contributed by atoms with Crippen molar-refractivity contribution < 1.29 is 9.53 Å². The van der Waals surface area contributed by atoms with E-state index in [0.717, 1.165) is 5.56 Å².